The molecule has 45 heavy (non-hydrogen) atoms. The van der Waals surface area contributed by atoms with E-state index in [0.717, 1.165) is 23.8 Å². The molecule has 4 aromatic carbocycles. The van der Waals surface area contributed by atoms with Gasteiger partial charge in [0.15, 0.2) is 0 Å². The molecule has 4 rings (SSSR count). The van der Waals surface area contributed by atoms with Crippen LogP contribution in [0.3, 0.4) is 0 Å². The molecule has 0 radical (unpaired) electrons. The third kappa shape index (κ3) is 9.44. The molecule has 0 aliphatic heterocycles. The zero-order chi connectivity index (χ0) is 31.9. The van der Waals surface area contributed by atoms with Gasteiger partial charge >= 0.3 is 18.9 Å². The number of ether oxygens (including phenoxy) is 1. The smallest absolute Gasteiger partial charge is 0.491 e. The molecule has 0 spiro atoms. The Labute approximate surface area is 272 Å². The van der Waals surface area contributed by atoms with Crippen molar-refractivity contribution in [1.29, 1.82) is 0 Å². The molecule has 4 aromatic rings. The fraction of sp³-hybridized carbons (Fsp3) is 0.172. The first-order valence-corrected chi connectivity index (χ1v) is 16.0. The van der Waals surface area contributed by atoms with Crippen LogP contribution < -0.4 is 28.9 Å². The largest absolute Gasteiger partial charge is 1.00 e. The maximum absolute atomic E-state index is 12.7. The van der Waals surface area contributed by atoms with Crippen molar-refractivity contribution in [3.8, 4) is 5.75 Å². The molecule has 0 aromatic heterocycles. The van der Waals surface area contributed by atoms with Gasteiger partial charge in [-0.15, -0.1) is 0 Å². The Morgan fingerprint density at radius 1 is 0.911 bits per heavy atom. The summed E-state index contributed by atoms with van der Waals surface area (Å²) >= 11 is 0. The van der Waals surface area contributed by atoms with Gasteiger partial charge in [0.05, 0.1) is 27.3 Å². The summed E-state index contributed by atoms with van der Waals surface area (Å²) in [5.74, 6) is 0.607. The molecule has 0 heterocycles. The van der Waals surface area contributed by atoms with Crippen LogP contribution in [-0.2, 0) is 20.0 Å². The van der Waals surface area contributed by atoms with Crippen molar-refractivity contribution >= 4 is 48.5 Å². The number of nitrogens with one attached hydrogen (secondary N) is 1. The second kappa shape index (κ2) is 15.3. The van der Waals surface area contributed by atoms with E-state index in [1.807, 2.05) is 13.8 Å². The Balaban J connectivity index is 0.00000552. The van der Waals surface area contributed by atoms with Crippen molar-refractivity contribution in [3.63, 3.8) is 0 Å². The number of anilines is 2. The van der Waals surface area contributed by atoms with E-state index in [0.29, 0.717) is 29.2 Å². The van der Waals surface area contributed by atoms with Gasteiger partial charge in [0.25, 0.3) is 5.69 Å². The fourth-order valence-electron chi connectivity index (χ4n) is 3.76. The summed E-state index contributed by atoms with van der Waals surface area (Å²) in [7, 11) is -9.37. The van der Waals surface area contributed by atoms with E-state index < -0.39 is 41.7 Å². The van der Waals surface area contributed by atoms with Gasteiger partial charge in [-0.25, -0.2) is 16.8 Å². The number of azo groups is 1. The van der Waals surface area contributed by atoms with Gasteiger partial charge in [-0.3, -0.25) is 10.1 Å². The van der Waals surface area contributed by atoms with Crippen LogP contribution in [0.5, 0.6) is 5.75 Å². The monoisotopic (exact) mass is 645 g/mol. The van der Waals surface area contributed by atoms with Crippen LogP contribution >= 0.6 is 0 Å². The molecule has 1 unspecified atom stereocenters. The van der Waals surface area contributed by atoms with Crippen LogP contribution in [0.2, 0.25) is 0 Å². The molecule has 0 saturated carbocycles. The average molecular weight is 646 g/mol. The van der Waals surface area contributed by atoms with Gasteiger partial charge in [-0.1, -0.05) is 25.1 Å². The zero-order valence-electron chi connectivity index (χ0n) is 24.6. The number of nitro groups is 1. The van der Waals surface area contributed by atoms with E-state index in [9.17, 15) is 32.1 Å². The van der Waals surface area contributed by atoms with Gasteiger partial charge in [0.1, 0.15) is 38.1 Å². The summed E-state index contributed by atoms with van der Waals surface area (Å²) < 4.78 is 59.0. The van der Waals surface area contributed by atoms with E-state index in [-0.39, 0.29) is 36.1 Å². The van der Waals surface area contributed by atoms with E-state index in [1.54, 1.807) is 48.5 Å². The Morgan fingerprint density at radius 3 is 2.20 bits per heavy atom. The van der Waals surface area contributed by atoms with Crippen LogP contribution in [-0.4, -0.2) is 39.6 Å². The second-order valence-electron chi connectivity index (χ2n) is 9.47. The van der Waals surface area contributed by atoms with Crippen molar-refractivity contribution in [2.75, 3.05) is 11.9 Å². The first-order valence-electron chi connectivity index (χ1n) is 13.2. The SMILES string of the molecule is CCC(O)COc1ccc(N=Nc2ccc(Nc3ccc(S(=O)(=O)[N-]S(=O)(=O)c4ccccc4)cc3[N+](=O)[O-])cc2)c(C)c1.[Li+]. The van der Waals surface area contributed by atoms with E-state index in [4.69, 9.17) is 4.74 Å². The number of aliphatic hydroxyl groups excluding tert-OH is 1. The molecule has 2 N–H and O–H groups in total. The molecule has 0 aliphatic rings. The molecule has 0 fully saturated rings. The number of nitrogens with zero attached hydrogens (tertiary/aromatic N) is 4. The number of rotatable bonds is 13. The first-order chi connectivity index (χ1) is 20.9. The molecule has 230 valence electrons. The van der Waals surface area contributed by atoms with Crippen molar-refractivity contribution in [2.24, 2.45) is 10.2 Å². The van der Waals surface area contributed by atoms with Crippen LogP contribution in [0.1, 0.15) is 18.9 Å². The molecular formula is C29H28LiN5O8S2. The Kier molecular flexibility index (Phi) is 12.0. The number of benzene rings is 4. The summed E-state index contributed by atoms with van der Waals surface area (Å²) in [5, 5.41) is 32.8. The maximum Gasteiger partial charge on any atom is 1.00 e. The van der Waals surface area contributed by atoms with E-state index >= 15 is 0 Å². The predicted octanol–water partition coefficient (Wildman–Crippen LogP) is 3.67. The summed E-state index contributed by atoms with van der Waals surface area (Å²) in [5.41, 5.74) is 1.74. The number of aliphatic hydroxyl groups is 1. The number of hydrogen-bond acceptors (Lipinski definition) is 11. The van der Waals surface area contributed by atoms with Gasteiger partial charge in [0, 0.05) is 16.6 Å². The summed E-state index contributed by atoms with van der Waals surface area (Å²) in [4.78, 5) is 10.00. The topological polar surface area (TPSA) is 192 Å². The minimum Gasteiger partial charge on any atom is -0.491 e. The summed E-state index contributed by atoms with van der Waals surface area (Å²) in [6.07, 6.45) is 0.0500. The third-order valence-corrected chi connectivity index (χ3v) is 9.49. The second-order valence-corrected chi connectivity index (χ2v) is 12.9. The van der Waals surface area contributed by atoms with Crippen LogP contribution in [0.15, 0.2) is 111 Å². The first kappa shape index (κ1) is 35.4. The molecular weight excluding hydrogens is 617 g/mol. The molecule has 0 saturated heterocycles. The molecule has 0 amide bonds. The Morgan fingerprint density at radius 2 is 1.58 bits per heavy atom. The Bertz CT molecular complexity index is 1890. The van der Waals surface area contributed by atoms with Crippen molar-refractivity contribution in [2.45, 2.75) is 36.2 Å². The summed E-state index contributed by atoms with van der Waals surface area (Å²) in [6.45, 7) is 3.91. The van der Waals surface area contributed by atoms with Gasteiger partial charge in [-0.05, 0) is 85.6 Å². The standard InChI is InChI=1S/C29H28N5O8S2.Li/c1-3-23(35)19-42-24-13-15-27(20(2)17-24)32-31-22-11-9-21(10-12-22)30-28-16-14-26(18-29(28)34(36)37)44(40,41)33-43(38,39)25-7-5-4-6-8-25;/h4-18,23,30,35H,3,19H2,1-2H3;/q-1;+1. The number of hydrogen-bond donors (Lipinski definition) is 2. The van der Waals surface area contributed by atoms with Gasteiger partial charge in [0.2, 0.25) is 0 Å². The van der Waals surface area contributed by atoms with E-state index in [2.05, 4.69) is 19.7 Å². The fourth-order valence-corrected chi connectivity index (χ4v) is 6.48. The number of nitro benzene ring substituents is 1. The van der Waals surface area contributed by atoms with Crippen LogP contribution in [0, 0.1) is 17.0 Å². The van der Waals surface area contributed by atoms with Crippen molar-refractivity contribution in [3.05, 3.63) is 111 Å². The van der Waals surface area contributed by atoms with Crippen molar-refractivity contribution in [1.82, 2.24) is 0 Å². The van der Waals surface area contributed by atoms with E-state index in [1.165, 1.54) is 24.3 Å². The average Bonchev–Trinajstić information content (AvgIpc) is 3.00. The summed E-state index contributed by atoms with van der Waals surface area (Å²) in [6, 6.07) is 21.4. The number of aryl methyl sites for hydroxylation is 1. The van der Waals surface area contributed by atoms with Crippen LogP contribution in [0.4, 0.5) is 28.4 Å². The minimum absolute atomic E-state index is 0. The van der Waals surface area contributed by atoms with Crippen molar-refractivity contribution < 1.29 is 50.5 Å². The Hall–Kier alpha value is -4.10. The zero-order valence-corrected chi connectivity index (χ0v) is 26.2. The van der Waals surface area contributed by atoms with Gasteiger partial charge < -0.3 is 19.3 Å². The minimum atomic E-state index is -4.79. The normalized spacial score (nSPS) is 12.3. The number of sulfonamides is 2. The molecule has 0 bridgehead atoms. The molecule has 16 heteroatoms. The molecule has 1 atom stereocenters. The third-order valence-electron chi connectivity index (χ3n) is 6.20. The predicted molar refractivity (Wildman–Crippen MR) is 164 cm³/mol. The quantitative estimate of drug-likeness (QED) is 0.0945. The van der Waals surface area contributed by atoms with Gasteiger partial charge in [-0.2, -0.15) is 10.2 Å². The molecule has 0 aliphatic carbocycles. The maximum atomic E-state index is 12.7. The molecule has 13 nitrogen and oxygen atoms in total. The van der Waals surface area contributed by atoms with Crippen LogP contribution in [0.25, 0.3) is 4.13 Å².